The number of hydrogen-bond acceptors (Lipinski definition) is 13. The standard InChI is InChI=1S/C23H36FN6O11PS/c1-13(2)40-19(34)14(3)28-42(37,38-8-9-43-20(35)22(4,5)11-31)39-12-23(10-26-29-25)17(33)16(24)18(41-23)30-7-6-15(32)27-21(30)36/h6-7,13-14,16-18,31,33H,8-12H2,1-5H3,(H,28,37)(H,27,32,36)/t14?,16-,17+,18?,23-,42?/m1/s1. The van der Waals surface area contributed by atoms with E-state index < -0.39 is 86.4 Å². The average Bonchev–Trinajstić information content (AvgIpc) is 3.18. The fourth-order valence-corrected chi connectivity index (χ4v) is 6.04. The molecule has 1 fully saturated rings. The molecule has 1 aliphatic rings. The Morgan fingerprint density at radius 3 is 2.63 bits per heavy atom. The summed E-state index contributed by atoms with van der Waals surface area (Å²) in [5.74, 6) is -0.867. The predicted octanol–water partition coefficient (Wildman–Crippen LogP) is 1.16. The van der Waals surface area contributed by atoms with Crippen molar-refractivity contribution in [2.75, 3.05) is 32.1 Å². The SMILES string of the molecule is CC(C)OC(=O)C(C)NP(=O)(OCCSC(=O)C(C)(C)CO)OC[C@@]1(CN=[N+]=[N-])OC(n2ccc(=O)[nH]c2=O)[C@H](F)[C@@H]1O. The third-order valence-corrected chi connectivity index (χ3v) is 8.94. The van der Waals surface area contributed by atoms with Crippen LogP contribution < -0.4 is 16.3 Å². The number of thioether (sulfide) groups is 1. The van der Waals surface area contributed by atoms with Crippen LogP contribution in [0.2, 0.25) is 0 Å². The molecule has 6 atom stereocenters. The molecule has 0 bridgehead atoms. The number of H-pyrrole nitrogens is 1. The van der Waals surface area contributed by atoms with E-state index in [9.17, 15) is 34.0 Å². The number of halogens is 1. The number of aliphatic hydroxyl groups is 2. The van der Waals surface area contributed by atoms with Gasteiger partial charge in [0.25, 0.3) is 5.56 Å². The second kappa shape index (κ2) is 15.4. The maximum absolute atomic E-state index is 15.3. The molecule has 0 spiro atoms. The van der Waals surface area contributed by atoms with E-state index in [1.807, 2.05) is 4.98 Å². The first kappa shape index (κ1) is 36.6. The van der Waals surface area contributed by atoms with Gasteiger partial charge in [0.05, 0.1) is 37.9 Å². The molecule has 0 aromatic carbocycles. The highest BCUT2D eigenvalue weighted by molar-refractivity contribution is 8.13. The molecule has 2 rings (SSSR count). The van der Waals surface area contributed by atoms with Gasteiger partial charge in [-0.05, 0) is 40.1 Å². The molecule has 1 aromatic rings. The summed E-state index contributed by atoms with van der Waals surface area (Å²) in [4.78, 5) is 52.9. The van der Waals surface area contributed by atoms with Crippen LogP contribution in [-0.4, -0.2) is 93.0 Å². The van der Waals surface area contributed by atoms with Crippen molar-refractivity contribution in [1.82, 2.24) is 14.6 Å². The van der Waals surface area contributed by atoms with E-state index in [1.54, 1.807) is 13.8 Å². The zero-order valence-electron chi connectivity index (χ0n) is 24.2. The summed E-state index contributed by atoms with van der Waals surface area (Å²) in [7, 11) is -4.55. The van der Waals surface area contributed by atoms with E-state index in [4.69, 9.17) is 24.1 Å². The van der Waals surface area contributed by atoms with Crippen LogP contribution in [0.15, 0.2) is 27.0 Å². The van der Waals surface area contributed by atoms with E-state index in [0.717, 1.165) is 24.0 Å². The first-order chi connectivity index (χ1) is 20.0. The van der Waals surface area contributed by atoms with Crippen LogP contribution in [0.3, 0.4) is 0 Å². The van der Waals surface area contributed by atoms with Gasteiger partial charge in [-0.15, -0.1) is 0 Å². The van der Waals surface area contributed by atoms with Crippen molar-refractivity contribution in [1.29, 1.82) is 0 Å². The fourth-order valence-electron chi connectivity index (χ4n) is 3.59. The molecular formula is C23H36FN6O11PS. The van der Waals surface area contributed by atoms with Crippen molar-refractivity contribution in [3.8, 4) is 0 Å². The molecule has 3 unspecified atom stereocenters. The maximum atomic E-state index is 15.3. The van der Waals surface area contributed by atoms with Crippen LogP contribution in [0.1, 0.15) is 40.8 Å². The summed E-state index contributed by atoms with van der Waals surface area (Å²) in [6, 6.07) is -0.346. The number of azide groups is 1. The first-order valence-electron chi connectivity index (χ1n) is 13.0. The second-order valence-corrected chi connectivity index (χ2v) is 13.3. The lowest BCUT2D eigenvalue weighted by Crippen LogP contribution is -2.49. The topological polar surface area (TPSA) is 244 Å². The number of nitrogens with zero attached hydrogens (tertiary/aromatic N) is 4. The molecule has 17 nitrogen and oxygen atoms in total. The van der Waals surface area contributed by atoms with Gasteiger partial charge in [-0.1, -0.05) is 16.9 Å². The van der Waals surface area contributed by atoms with E-state index in [-0.39, 0.29) is 17.5 Å². The molecule has 0 radical (unpaired) electrons. The largest absolute Gasteiger partial charge is 0.462 e. The minimum atomic E-state index is -4.55. The highest BCUT2D eigenvalue weighted by atomic mass is 32.2. The summed E-state index contributed by atoms with van der Waals surface area (Å²) < 4.78 is 51.4. The number of hydrogen-bond donors (Lipinski definition) is 4. The highest BCUT2D eigenvalue weighted by Gasteiger charge is 2.57. The van der Waals surface area contributed by atoms with Crippen molar-refractivity contribution < 1.29 is 47.3 Å². The zero-order chi connectivity index (χ0) is 32.6. The van der Waals surface area contributed by atoms with Crippen molar-refractivity contribution in [2.24, 2.45) is 10.5 Å². The van der Waals surface area contributed by atoms with Crippen LogP contribution in [-0.2, 0) is 32.7 Å². The number of alkyl halides is 1. The number of aromatic nitrogens is 2. The molecule has 0 saturated carbocycles. The predicted molar refractivity (Wildman–Crippen MR) is 151 cm³/mol. The Bertz CT molecular complexity index is 1350. The molecule has 1 aromatic heterocycles. The first-order valence-corrected chi connectivity index (χ1v) is 15.5. The summed E-state index contributed by atoms with van der Waals surface area (Å²) in [5.41, 5.74) is 3.80. The van der Waals surface area contributed by atoms with Crippen LogP contribution in [0.25, 0.3) is 10.4 Å². The number of ether oxygens (including phenoxy) is 2. The third-order valence-electron chi connectivity index (χ3n) is 6.06. The minimum Gasteiger partial charge on any atom is -0.462 e. The molecular weight excluding hydrogens is 618 g/mol. The van der Waals surface area contributed by atoms with Gasteiger partial charge < -0.3 is 19.7 Å². The zero-order valence-corrected chi connectivity index (χ0v) is 25.9. The normalized spacial score (nSPS) is 24.3. The van der Waals surface area contributed by atoms with Gasteiger partial charge in [-0.25, -0.2) is 18.8 Å². The highest BCUT2D eigenvalue weighted by Crippen LogP contribution is 2.48. The molecule has 20 heteroatoms. The quantitative estimate of drug-likeness (QED) is 0.0489. The Morgan fingerprint density at radius 1 is 1.37 bits per heavy atom. The van der Waals surface area contributed by atoms with Crippen LogP contribution in [0.5, 0.6) is 0 Å². The van der Waals surface area contributed by atoms with E-state index in [1.165, 1.54) is 20.8 Å². The summed E-state index contributed by atoms with van der Waals surface area (Å²) in [6.45, 7) is 5.07. The van der Waals surface area contributed by atoms with Crippen LogP contribution >= 0.6 is 19.5 Å². The number of aromatic amines is 1. The Morgan fingerprint density at radius 2 is 2.05 bits per heavy atom. The van der Waals surface area contributed by atoms with Gasteiger partial charge in [0.1, 0.15) is 17.7 Å². The van der Waals surface area contributed by atoms with Gasteiger partial charge in [0.15, 0.2) is 17.5 Å². The second-order valence-electron chi connectivity index (χ2n) is 10.5. The average molecular weight is 655 g/mol. The van der Waals surface area contributed by atoms with Crippen molar-refractivity contribution in [3.05, 3.63) is 43.5 Å². The lowest BCUT2D eigenvalue weighted by atomic mass is 9.97. The molecule has 242 valence electrons. The molecule has 1 aliphatic heterocycles. The summed E-state index contributed by atoms with van der Waals surface area (Å²) in [6.07, 6.45) is -5.81. The summed E-state index contributed by atoms with van der Waals surface area (Å²) >= 11 is 0.790. The van der Waals surface area contributed by atoms with Crippen LogP contribution in [0.4, 0.5) is 4.39 Å². The lowest BCUT2D eigenvalue weighted by molar-refractivity contribution is -0.149. The lowest BCUT2D eigenvalue weighted by Gasteiger charge is -2.32. The fraction of sp³-hybridized carbons (Fsp3) is 0.739. The molecule has 4 N–H and O–H groups in total. The van der Waals surface area contributed by atoms with Crippen molar-refractivity contribution >= 4 is 30.6 Å². The number of carbonyl (C=O) groups is 2. The van der Waals surface area contributed by atoms with Crippen molar-refractivity contribution in [3.63, 3.8) is 0 Å². The Hall–Kier alpha value is -2.60. The Labute approximate surface area is 249 Å². The molecule has 0 aliphatic carbocycles. The van der Waals surface area contributed by atoms with Gasteiger partial charge in [0.2, 0.25) is 0 Å². The number of nitrogens with one attached hydrogen (secondary N) is 2. The Balaban J connectivity index is 2.32. The molecule has 0 amide bonds. The van der Waals surface area contributed by atoms with Gasteiger partial charge in [-0.2, -0.15) is 0 Å². The monoisotopic (exact) mass is 654 g/mol. The molecule has 1 saturated heterocycles. The smallest absolute Gasteiger partial charge is 0.406 e. The Kier molecular flexibility index (Phi) is 13.1. The number of carbonyl (C=O) groups excluding carboxylic acids is 2. The van der Waals surface area contributed by atoms with E-state index >= 15 is 4.39 Å². The molecule has 2 heterocycles. The van der Waals surface area contributed by atoms with Crippen LogP contribution in [0, 0.1) is 5.41 Å². The third kappa shape index (κ3) is 9.69. The number of esters is 1. The van der Waals surface area contributed by atoms with Gasteiger partial charge in [0, 0.05) is 22.9 Å². The molecule has 43 heavy (non-hydrogen) atoms. The van der Waals surface area contributed by atoms with E-state index in [0.29, 0.717) is 4.57 Å². The van der Waals surface area contributed by atoms with Crippen molar-refractivity contribution in [2.45, 2.75) is 70.9 Å². The minimum absolute atomic E-state index is 0.0468. The maximum Gasteiger partial charge on any atom is 0.406 e. The summed E-state index contributed by atoms with van der Waals surface area (Å²) in [5, 5.41) is 25.5. The van der Waals surface area contributed by atoms with Gasteiger partial charge in [-0.3, -0.25) is 33.0 Å². The number of rotatable bonds is 16. The van der Waals surface area contributed by atoms with Gasteiger partial charge >= 0.3 is 19.4 Å². The number of aliphatic hydroxyl groups excluding tert-OH is 2. The van der Waals surface area contributed by atoms with E-state index in [2.05, 4.69) is 15.1 Å².